The summed E-state index contributed by atoms with van der Waals surface area (Å²) in [4.78, 5) is 24.5. The summed E-state index contributed by atoms with van der Waals surface area (Å²) in [6, 6.07) is 19.8. The Hall–Kier alpha value is -3.92. The van der Waals surface area contributed by atoms with Gasteiger partial charge in [-0.3, -0.25) is 4.79 Å². The van der Waals surface area contributed by atoms with Gasteiger partial charge >= 0.3 is 5.69 Å². The molecule has 0 unspecified atom stereocenters. The summed E-state index contributed by atoms with van der Waals surface area (Å²) in [6.45, 7) is -0.236. The second-order valence-corrected chi connectivity index (χ2v) is 6.84. The number of thiophene rings is 1. The SMILES string of the molecule is O=C(Cn1nnn(-c2cccs2)c1=O)Nc1ccc(N=Nc2ccccc2)cc1. The zero-order chi connectivity index (χ0) is 20.1. The van der Waals surface area contributed by atoms with Crippen LogP contribution in [-0.4, -0.2) is 25.7 Å². The molecule has 0 aliphatic heterocycles. The Bertz CT molecular complexity index is 1180. The van der Waals surface area contributed by atoms with Gasteiger partial charge in [0.15, 0.2) is 0 Å². The van der Waals surface area contributed by atoms with Crippen molar-refractivity contribution in [3.05, 3.63) is 82.6 Å². The van der Waals surface area contributed by atoms with Crippen molar-refractivity contribution in [2.75, 3.05) is 5.32 Å². The number of azo groups is 1. The molecule has 0 atom stereocenters. The van der Waals surface area contributed by atoms with Gasteiger partial charge < -0.3 is 5.32 Å². The highest BCUT2D eigenvalue weighted by Crippen LogP contribution is 2.20. The fourth-order valence-corrected chi connectivity index (χ4v) is 3.13. The molecular weight excluding hydrogens is 390 g/mol. The van der Waals surface area contributed by atoms with Crippen LogP contribution < -0.4 is 11.0 Å². The van der Waals surface area contributed by atoms with Crippen LogP contribution in [0.4, 0.5) is 17.1 Å². The number of nitrogens with zero attached hydrogens (tertiary/aromatic N) is 6. The molecule has 10 heteroatoms. The average molecular weight is 405 g/mol. The van der Waals surface area contributed by atoms with Gasteiger partial charge in [0.25, 0.3) is 0 Å². The minimum atomic E-state index is -0.473. The van der Waals surface area contributed by atoms with Gasteiger partial charge in [0.2, 0.25) is 5.91 Å². The number of carbonyl (C=O) groups excluding carboxylic acids is 1. The van der Waals surface area contributed by atoms with Crippen LogP contribution in [0.5, 0.6) is 0 Å². The van der Waals surface area contributed by atoms with Crippen molar-refractivity contribution in [3.63, 3.8) is 0 Å². The van der Waals surface area contributed by atoms with Crippen molar-refractivity contribution >= 4 is 34.3 Å². The second kappa shape index (κ2) is 8.40. The number of carbonyl (C=O) groups is 1. The zero-order valence-electron chi connectivity index (χ0n) is 15.0. The molecule has 4 rings (SSSR count). The normalized spacial score (nSPS) is 11.0. The molecular formula is C19H15N7O2S. The van der Waals surface area contributed by atoms with Crippen molar-refractivity contribution in [1.82, 2.24) is 19.8 Å². The van der Waals surface area contributed by atoms with Crippen LogP contribution in [0, 0.1) is 0 Å². The third kappa shape index (κ3) is 4.50. The van der Waals surface area contributed by atoms with Crippen LogP contribution >= 0.6 is 11.3 Å². The Labute approximate surface area is 168 Å². The molecule has 2 heterocycles. The van der Waals surface area contributed by atoms with E-state index in [4.69, 9.17) is 0 Å². The van der Waals surface area contributed by atoms with Gasteiger partial charge in [-0.15, -0.1) is 11.3 Å². The average Bonchev–Trinajstić information content (AvgIpc) is 3.39. The number of rotatable bonds is 6. The highest BCUT2D eigenvalue weighted by Gasteiger charge is 2.12. The van der Waals surface area contributed by atoms with Crippen molar-refractivity contribution in [2.24, 2.45) is 10.2 Å². The van der Waals surface area contributed by atoms with Crippen LogP contribution in [-0.2, 0) is 11.3 Å². The molecule has 0 aliphatic carbocycles. The van der Waals surface area contributed by atoms with E-state index in [-0.39, 0.29) is 12.5 Å². The molecule has 1 N–H and O–H groups in total. The molecule has 0 spiro atoms. The largest absolute Gasteiger partial charge is 0.369 e. The predicted molar refractivity (Wildman–Crippen MR) is 109 cm³/mol. The van der Waals surface area contributed by atoms with Gasteiger partial charge in [-0.25, -0.2) is 4.79 Å². The number of benzene rings is 2. The monoisotopic (exact) mass is 405 g/mol. The molecule has 0 aliphatic rings. The fraction of sp³-hybridized carbons (Fsp3) is 0.0526. The number of aromatic nitrogens is 4. The third-order valence-corrected chi connectivity index (χ3v) is 4.68. The van der Waals surface area contributed by atoms with Crippen LogP contribution in [0.3, 0.4) is 0 Å². The molecule has 0 fully saturated rings. The lowest BCUT2D eigenvalue weighted by Gasteiger charge is -2.04. The van der Waals surface area contributed by atoms with E-state index in [2.05, 4.69) is 26.0 Å². The first-order chi connectivity index (χ1) is 14.2. The number of tetrazole rings is 1. The van der Waals surface area contributed by atoms with E-state index in [9.17, 15) is 9.59 Å². The van der Waals surface area contributed by atoms with E-state index in [1.165, 1.54) is 11.3 Å². The zero-order valence-corrected chi connectivity index (χ0v) is 15.9. The summed E-state index contributed by atoms with van der Waals surface area (Å²) in [5, 5.41) is 21.0. The summed E-state index contributed by atoms with van der Waals surface area (Å²) in [6.07, 6.45) is 0. The Morgan fingerprint density at radius 3 is 2.34 bits per heavy atom. The molecule has 0 saturated carbocycles. The first-order valence-corrected chi connectivity index (χ1v) is 9.50. The lowest BCUT2D eigenvalue weighted by Crippen LogP contribution is -2.29. The van der Waals surface area contributed by atoms with E-state index < -0.39 is 5.69 Å². The molecule has 1 amide bonds. The van der Waals surface area contributed by atoms with E-state index >= 15 is 0 Å². The van der Waals surface area contributed by atoms with Crippen LogP contribution in [0.2, 0.25) is 0 Å². The second-order valence-electron chi connectivity index (χ2n) is 5.91. The Morgan fingerprint density at radius 2 is 1.66 bits per heavy atom. The smallest absolute Gasteiger partial charge is 0.324 e. The summed E-state index contributed by atoms with van der Waals surface area (Å²) < 4.78 is 2.17. The number of nitrogens with one attached hydrogen (secondary N) is 1. The highest BCUT2D eigenvalue weighted by molar-refractivity contribution is 7.12. The van der Waals surface area contributed by atoms with Crippen LogP contribution in [0.15, 0.2) is 87.1 Å². The van der Waals surface area contributed by atoms with Gasteiger partial charge in [0.05, 0.1) is 11.4 Å². The van der Waals surface area contributed by atoms with Crippen molar-refractivity contribution < 1.29 is 4.79 Å². The maximum Gasteiger partial charge on any atom is 0.369 e. The van der Waals surface area contributed by atoms with E-state index in [1.54, 1.807) is 36.4 Å². The summed E-state index contributed by atoms with van der Waals surface area (Å²) in [7, 11) is 0. The standard InChI is InChI=1S/C19H15N7O2S/c27-17(13-25-19(28)26(24-23-25)18-7-4-12-29-18)20-14-8-10-16(11-9-14)22-21-15-5-2-1-3-6-15/h1-12H,13H2,(H,20,27). The maximum atomic E-state index is 12.3. The van der Waals surface area contributed by atoms with Gasteiger partial charge in [-0.1, -0.05) is 18.2 Å². The van der Waals surface area contributed by atoms with Gasteiger partial charge in [-0.2, -0.15) is 19.6 Å². The maximum absolute atomic E-state index is 12.3. The van der Waals surface area contributed by atoms with E-state index in [0.29, 0.717) is 16.4 Å². The molecule has 0 bridgehead atoms. The Kier molecular flexibility index (Phi) is 5.34. The molecule has 2 aromatic heterocycles. The van der Waals surface area contributed by atoms with Gasteiger partial charge in [0.1, 0.15) is 11.5 Å². The quantitative estimate of drug-likeness (QED) is 0.495. The van der Waals surface area contributed by atoms with Crippen molar-refractivity contribution in [2.45, 2.75) is 6.54 Å². The summed E-state index contributed by atoms with van der Waals surface area (Å²) in [5.74, 6) is -0.385. The van der Waals surface area contributed by atoms with E-state index in [0.717, 1.165) is 15.1 Å². The van der Waals surface area contributed by atoms with Crippen LogP contribution in [0.25, 0.3) is 5.00 Å². The first kappa shape index (κ1) is 18.4. The van der Waals surface area contributed by atoms with E-state index in [1.807, 2.05) is 35.7 Å². The molecule has 0 saturated heterocycles. The molecule has 9 nitrogen and oxygen atoms in total. The fourth-order valence-electron chi connectivity index (χ4n) is 2.46. The summed E-state index contributed by atoms with van der Waals surface area (Å²) in [5.41, 5.74) is 1.51. The number of amides is 1. The molecule has 0 radical (unpaired) electrons. The third-order valence-electron chi connectivity index (χ3n) is 3.84. The van der Waals surface area contributed by atoms with Crippen molar-refractivity contribution in [3.8, 4) is 5.00 Å². The van der Waals surface area contributed by atoms with Crippen LogP contribution in [0.1, 0.15) is 0 Å². The molecule has 29 heavy (non-hydrogen) atoms. The summed E-state index contributed by atoms with van der Waals surface area (Å²) >= 11 is 1.36. The minimum absolute atomic E-state index is 0.236. The topological polar surface area (TPSA) is 107 Å². The molecule has 2 aromatic carbocycles. The molecule has 4 aromatic rings. The Morgan fingerprint density at radius 1 is 0.931 bits per heavy atom. The Balaban J connectivity index is 1.38. The van der Waals surface area contributed by atoms with Gasteiger partial charge in [-0.05, 0) is 64.3 Å². The predicted octanol–water partition coefficient (Wildman–Crippen LogP) is 3.54. The first-order valence-electron chi connectivity index (χ1n) is 8.62. The number of hydrogen-bond donors (Lipinski definition) is 1. The highest BCUT2D eigenvalue weighted by atomic mass is 32.1. The van der Waals surface area contributed by atoms with Crippen molar-refractivity contribution in [1.29, 1.82) is 0 Å². The lowest BCUT2D eigenvalue weighted by atomic mass is 10.3. The minimum Gasteiger partial charge on any atom is -0.324 e. The lowest BCUT2D eigenvalue weighted by molar-refractivity contribution is -0.117. The number of hydrogen-bond acceptors (Lipinski definition) is 7. The molecule has 144 valence electrons. The van der Waals surface area contributed by atoms with Gasteiger partial charge in [0, 0.05) is 5.69 Å². The number of anilines is 1.